The van der Waals surface area contributed by atoms with E-state index < -0.39 is 14.6 Å². The van der Waals surface area contributed by atoms with Crippen molar-refractivity contribution in [2.75, 3.05) is 12.4 Å². The quantitative estimate of drug-likeness (QED) is 0.582. The van der Waals surface area contributed by atoms with Crippen LogP contribution in [0.1, 0.15) is 16.7 Å². The van der Waals surface area contributed by atoms with Gasteiger partial charge in [0.1, 0.15) is 5.75 Å². The largest absolute Gasteiger partial charge is 0.492 e. The summed E-state index contributed by atoms with van der Waals surface area (Å²) < 4.78 is 64.3. The topological polar surface area (TPSA) is 43.4 Å². The van der Waals surface area contributed by atoms with Gasteiger partial charge >= 0.3 is 5.51 Å². The van der Waals surface area contributed by atoms with Crippen LogP contribution >= 0.6 is 22.4 Å². The summed E-state index contributed by atoms with van der Waals surface area (Å²) in [5, 5.41) is 0. The van der Waals surface area contributed by atoms with E-state index in [0.717, 1.165) is 0 Å². The van der Waals surface area contributed by atoms with Crippen molar-refractivity contribution in [3.05, 3.63) is 22.8 Å². The highest BCUT2D eigenvalue weighted by molar-refractivity contribution is 8.13. The van der Waals surface area contributed by atoms with Crippen molar-refractivity contribution in [3.63, 3.8) is 0 Å². The Morgan fingerprint density at radius 2 is 1.81 bits per heavy atom. The minimum absolute atomic E-state index is 0.0174. The zero-order valence-corrected chi connectivity index (χ0v) is 13.9. The molecule has 1 aromatic carbocycles. The van der Waals surface area contributed by atoms with Gasteiger partial charge in [0.25, 0.3) is 9.05 Å². The van der Waals surface area contributed by atoms with Crippen LogP contribution < -0.4 is 4.74 Å². The van der Waals surface area contributed by atoms with Gasteiger partial charge in [0.15, 0.2) is 0 Å². The SMILES string of the molecule is Cc1cc(S(=O)(=O)Cl)c(C)c(C)c1OCCSC(F)(F)F. The lowest BCUT2D eigenvalue weighted by Gasteiger charge is -2.16. The molecule has 1 rings (SSSR count). The standard InChI is InChI=1S/C12H14ClF3O3S2/c1-7-6-10(21(13,17)18)8(2)9(3)11(7)19-4-5-20-12(14,15)16/h6H,4-5H2,1-3H3. The Balaban J connectivity index is 2.93. The first kappa shape index (κ1) is 18.4. The van der Waals surface area contributed by atoms with Crippen molar-refractivity contribution in [1.29, 1.82) is 0 Å². The highest BCUT2D eigenvalue weighted by atomic mass is 35.7. The summed E-state index contributed by atoms with van der Waals surface area (Å²) in [5.74, 6) is 0.149. The Bertz CT molecular complexity index is 628. The molecule has 0 amide bonds. The Morgan fingerprint density at radius 1 is 1.24 bits per heavy atom. The average Bonchev–Trinajstić information content (AvgIpc) is 2.30. The van der Waals surface area contributed by atoms with Crippen LogP contribution in [-0.2, 0) is 9.05 Å². The second-order valence-electron chi connectivity index (χ2n) is 4.35. The maximum absolute atomic E-state index is 12.0. The van der Waals surface area contributed by atoms with Crippen LogP contribution in [-0.4, -0.2) is 26.3 Å². The summed E-state index contributed by atoms with van der Waals surface area (Å²) in [6.45, 7) is 4.70. The molecule has 0 aromatic heterocycles. The molecule has 0 aliphatic heterocycles. The van der Waals surface area contributed by atoms with E-state index in [1.54, 1.807) is 20.8 Å². The fourth-order valence-electron chi connectivity index (χ4n) is 1.80. The second-order valence-corrected chi connectivity index (χ2v) is 8.05. The number of ether oxygens (including phenoxy) is 1. The van der Waals surface area contributed by atoms with Crippen LogP contribution in [0.4, 0.5) is 13.2 Å². The van der Waals surface area contributed by atoms with Crippen LogP contribution in [0.2, 0.25) is 0 Å². The summed E-state index contributed by atoms with van der Waals surface area (Å²) in [5.41, 5.74) is -2.81. The van der Waals surface area contributed by atoms with E-state index in [9.17, 15) is 21.6 Å². The van der Waals surface area contributed by atoms with Gasteiger partial charge in [-0.2, -0.15) is 13.2 Å². The molecular formula is C12H14ClF3O3S2. The predicted octanol–water partition coefficient (Wildman–Crippen LogP) is 4.17. The van der Waals surface area contributed by atoms with Crippen molar-refractivity contribution in [3.8, 4) is 5.75 Å². The number of aryl methyl sites for hydroxylation is 1. The van der Waals surface area contributed by atoms with Crippen molar-refractivity contribution < 1.29 is 26.3 Å². The predicted molar refractivity (Wildman–Crippen MR) is 77.7 cm³/mol. The normalized spacial score (nSPS) is 12.5. The van der Waals surface area contributed by atoms with Gasteiger partial charge in [0.05, 0.1) is 11.5 Å². The number of hydrogen-bond donors (Lipinski definition) is 0. The van der Waals surface area contributed by atoms with Gasteiger partial charge in [-0.25, -0.2) is 8.42 Å². The zero-order valence-electron chi connectivity index (χ0n) is 11.5. The molecule has 120 valence electrons. The summed E-state index contributed by atoms with van der Waals surface area (Å²) >= 11 is -0.166. The molecule has 0 aliphatic carbocycles. The van der Waals surface area contributed by atoms with Crippen molar-refractivity contribution in [2.45, 2.75) is 31.2 Å². The van der Waals surface area contributed by atoms with Crippen molar-refractivity contribution in [2.24, 2.45) is 0 Å². The third kappa shape index (κ3) is 5.27. The molecule has 3 nitrogen and oxygen atoms in total. The Morgan fingerprint density at radius 3 is 2.29 bits per heavy atom. The van der Waals surface area contributed by atoms with E-state index in [-0.39, 0.29) is 29.0 Å². The van der Waals surface area contributed by atoms with Gasteiger partial charge in [-0.3, -0.25) is 0 Å². The van der Waals surface area contributed by atoms with E-state index in [2.05, 4.69) is 0 Å². The smallest absolute Gasteiger partial charge is 0.441 e. The minimum Gasteiger partial charge on any atom is -0.492 e. The number of hydrogen-bond acceptors (Lipinski definition) is 4. The van der Waals surface area contributed by atoms with E-state index in [1.165, 1.54) is 6.07 Å². The number of benzene rings is 1. The second kappa shape index (κ2) is 6.66. The molecule has 9 heteroatoms. The van der Waals surface area contributed by atoms with Crippen molar-refractivity contribution in [1.82, 2.24) is 0 Å². The first-order valence-corrected chi connectivity index (χ1v) is 9.12. The molecule has 0 radical (unpaired) electrons. The molecule has 0 spiro atoms. The Hall–Kier alpha value is -0.600. The highest BCUT2D eigenvalue weighted by Gasteiger charge is 2.27. The molecule has 0 unspecified atom stereocenters. The lowest BCUT2D eigenvalue weighted by Crippen LogP contribution is -2.09. The molecule has 0 bridgehead atoms. The van der Waals surface area contributed by atoms with Gasteiger partial charge in [-0.05, 0) is 55.3 Å². The number of halogens is 4. The number of rotatable bonds is 5. The van der Waals surface area contributed by atoms with E-state index in [0.29, 0.717) is 22.4 Å². The van der Waals surface area contributed by atoms with Crippen molar-refractivity contribution >= 4 is 31.5 Å². The van der Waals surface area contributed by atoms with Crippen LogP contribution in [0.15, 0.2) is 11.0 Å². The van der Waals surface area contributed by atoms with Crippen LogP contribution in [0.25, 0.3) is 0 Å². The van der Waals surface area contributed by atoms with Gasteiger partial charge in [0.2, 0.25) is 0 Å². The molecule has 0 heterocycles. The molecule has 0 fully saturated rings. The first-order chi connectivity index (χ1) is 9.43. The molecular weight excluding hydrogens is 349 g/mol. The van der Waals surface area contributed by atoms with Gasteiger partial charge in [-0.1, -0.05) is 0 Å². The Labute approximate surface area is 130 Å². The average molecular weight is 363 g/mol. The van der Waals surface area contributed by atoms with Gasteiger partial charge in [0, 0.05) is 16.4 Å². The van der Waals surface area contributed by atoms with Gasteiger partial charge < -0.3 is 4.74 Å². The lowest BCUT2D eigenvalue weighted by atomic mass is 10.1. The molecule has 0 saturated heterocycles. The van der Waals surface area contributed by atoms with Crippen LogP contribution in [0.3, 0.4) is 0 Å². The van der Waals surface area contributed by atoms with E-state index in [4.69, 9.17) is 15.4 Å². The monoisotopic (exact) mass is 362 g/mol. The third-order valence-electron chi connectivity index (χ3n) is 2.84. The fourth-order valence-corrected chi connectivity index (χ4v) is 3.51. The number of thioether (sulfide) groups is 1. The fraction of sp³-hybridized carbons (Fsp3) is 0.500. The summed E-state index contributed by atoms with van der Waals surface area (Å²) in [6.07, 6.45) is 0. The summed E-state index contributed by atoms with van der Waals surface area (Å²) in [7, 11) is 1.46. The Kier molecular flexibility index (Phi) is 5.85. The molecule has 0 saturated carbocycles. The minimum atomic E-state index is -4.29. The summed E-state index contributed by atoms with van der Waals surface area (Å²) in [6, 6.07) is 1.36. The molecule has 0 aliphatic rings. The molecule has 0 N–H and O–H groups in total. The maximum atomic E-state index is 12.0. The zero-order chi connectivity index (χ0) is 16.4. The van der Waals surface area contributed by atoms with E-state index >= 15 is 0 Å². The van der Waals surface area contributed by atoms with Gasteiger partial charge in [-0.15, -0.1) is 0 Å². The molecule has 21 heavy (non-hydrogen) atoms. The highest BCUT2D eigenvalue weighted by Crippen LogP contribution is 2.33. The maximum Gasteiger partial charge on any atom is 0.441 e. The van der Waals surface area contributed by atoms with Crippen LogP contribution in [0, 0.1) is 20.8 Å². The third-order valence-corrected chi connectivity index (χ3v) is 4.98. The first-order valence-electron chi connectivity index (χ1n) is 5.82. The molecule has 0 atom stereocenters. The van der Waals surface area contributed by atoms with E-state index in [1.807, 2.05) is 0 Å². The lowest BCUT2D eigenvalue weighted by molar-refractivity contribution is -0.0329. The van der Waals surface area contributed by atoms with Crippen LogP contribution in [0.5, 0.6) is 5.75 Å². The molecule has 1 aromatic rings. The number of alkyl halides is 3. The summed E-state index contributed by atoms with van der Waals surface area (Å²) in [4.78, 5) is -0.0174.